The number of aryl methyl sites for hydroxylation is 1. The van der Waals surface area contributed by atoms with Crippen LogP contribution in [0.15, 0.2) is 12.1 Å². The van der Waals surface area contributed by atoms with Crippen LogP contribution in [0.1, 0.15) is 18.5 Å². The quantitative estimate of drug-likeness (QED) is 0.780. The lowest BCUT2D eigenvalue weighted by Crippen LogP contribution is -2.33. The largest absolute Gasteiger partial charge is 0.368 e. The van der Waals surface area contributed by atoms with E-state index < -0.39 is 0 Å². The maximum Gasteiger partial charge on any atom is 0.148 e. The van der Waals surface area contributed by atoms with Crippen molar-refractivity contribution >= 4 is 5.82 Å². The molecule has 0 amide bonds. The van der Waals surface area contributed by atoms with Crippen molar-refractivity contribution in [1.82, 2.24) is 15.5 Å². The van der Waals surface area contributed by atoms with Gasteiger partial charge in [-0.1, -0.05) is 0 Å². The first-order chi connectivity index (χ1) is 7.34. The normalized spacial score (nSPS) is 21.3. The Bertz CT molecular complexity index is 290. The first-order valence-corrected chi connectivity index (χ1v) is 5.59. The van der Waals surface area contributed by atoms with Crippen molar-refractivity contribution in [3.63, 3.8) is 0 Å². The molecule has 0 aromatic carbocycles. The number of aromatic nitrogens is 2. The molecular weight excluding hydrogens is 188 g/mol. The van der Waals surface area contributed by atoms with Gasteiger partial charge in [0.25, 0.3) is 0 Å². The highest BCUT2D eigenvalue weighted by atomic mass is 15.2. The summed E-state index contributed by atoms with van der Waals surface area (Å²) in [6.07, 6.45) is 2.59. The van der Waals surface area contributed by atoms with E-state index in [2.05, 4.69) is 20.8 Å². The van der Waals surface area contributed by atoms with Crippen LogP contribution in [0.3, 0.4) is 0 Å². The molecule has 1 aromatic rings. The highest BCUT2D eigenvalue weighted by molar-refractivity contribution is 5.32. The minimum absolute atomic E-state index is 0.724. The van der Waals surface area contributed by atoms with Crippen molar-refractivity contribution in [3.8, 4) is 0 Å². The third-order valence-electron chi connectivity index (χ3n) is 2.77. The van der Waals surface area contributed by atoms with Gasteiger partial charge in [0.15, 0.2) is 0 Å². The Morgan fingerprint density at radius 1 is 1.47 bits per heavy atom. The van der Waals surface area contributed by atoms with Gasteiger partial charge in [-0.3, -0.25) is 0 Å². The number of hydrogen-bond acceptors (Lipinski definition) is 4. The average molecular weight is 206 g/mol. The van der Waals surface area contributed by atoms with E-state index in [4.69, 9.17) is 0 Å². The number of anilines is 1. The van der Waals surface area contributed by atoms with Gasteiger partial charge in [0.2, 0.25) is 0 Å². The van der Waals surface area contributed by atoms with Crippen LogP contribution in [-0.4, -0.2) is 29.8 Å². The van der Waals surface area contributed by atoms with Crippen molar-refractivity contribution in [3.05, 3.63) is 17.8 Å². The molecule has 1 aromatic heterocycles. The summed E-state index contributed by atoms with van der Waals surface area (Å²) >= 11 is 0. The standard InChI is InChI=1S/C11H18N4/c1-9-4-5-11(15-14-9)13-8-10-3-2-6-12-7-10/h4-5,10,12H,2-3,6-8H2,1H3,(H,13,15)/t10-/m0/s1. The molecule has 2 N–H and O–H groups in total. The van der Waals surface area contributed by atoms with Gasteiger partial charge >= 0.3 is 0 Å². The van der Waals surface area contributed by atoms with Crippen molar-refractivity contribution in [2.45, 2.75) is 19.8 Å². The summed E-state index contributed by atoms with van der Waals surface area (Å²) in [5.41, 5.74) is 0.958. The predicted molar refractivity (Wildman–Crippen MR) is 60.9 cm³/mol. The Kier molecular flexibility index (Phi) is 3.50. The Labute approximate surface area is 90.5 Å². The molecule has 0 aliphatic carbocycles. The van der Waals surface area contributed by atoms with E-state index in [0.29, 0.717) is 0 Å². The molecule has 1 aliphatic rings. The second kappa shape index (κ2) is 5.07. The molecule has 0 bridgehead atoms. The monoisotopic (exact) mass is 206 g/mol. The molecule has 0 radical (unpaired) electrons. The number of nitrogens with zero attached hydrogens (tertiary/aromatic N) is 2. The highest BCUT2D eigenvalue weighted by Gasteiger charge is 2.12. The van der Waals surface area contributed by atoms with Crippen molar-refractivity contribution in [1.29, 1.82) is 0 Å². The Morgan fingerprint density at radius 2 is 2.40 bits per heavy atom. The molecule has 4 heteroatoms. The van der Waals surface area contributed by atoms with Crippen molar-refractivity contribution < 1.29 is 0 Å². The van der Waals surface area contributed by atoms with Crippen molar-refractivity contribution in [2.75, 3.05) is 25.0 Å². The minimum Gasteiger partial charge on any atom is -0.368 e. The van der Waals surface area contributed by atoms with E-state index in [1.807, 2.05) is 19.1 Å². The predicted octanol–water partition coefficient (Wildman–Crippen LogP) is 1.20. The third-order valence-corrected chi connectivity index (χ3v) is 2.77. The lowest BCUT2D eigenvalue weighted by molar-refractivity contribution is 0.392. The minimum atomic E-state index is 0.724. The van der Waals surface area contributed by atoms with Gasteiger partial charge in [0.1, 0.15) is 5.82 Å². The fourth-order valence-electron chi connectivity index (χ4n) is 1.84. The zero-order chi connectivity index (χ0) is 10.5. The fourth-order valence-corrected chi connectivity index (χ4v) is 1.84. The molecule has 0 unspecified atom stereocenters. The molecule has 1 atom stereocenters. The van der Waals surface area contributed by atoms with E-state index in [1.54, 1.807) is 0 Å². The van der Waals surface area contributed by atoms with Gasteiger partial charge in [0.05, 0.1) is 5.69 Å². The summed E-state index contributed by atoms with van der Waals surface area (Å²) in [6, 6.07) is 3.97. The number of nitrogens with one attached hydrogen (secondary N) is 2. The lowest BCUT2D eigenvalue weighted by atomic mass is 10.00. The first-order valence-electron chi connectivity index (χ1n) is 5.59. The molecule has 82 valence electrons. The molecule has 1 saturated heterocycles. The molecule has 0 spiro atoms. The maximum absolute atomic E-state index is 4.08. The van der Waals surface area contributed by atoms with Crippen LogP contribution in [0, 0.1) is 12.8 Å². The summed E-state index contributed by atoms with van der Waals surface area (Å²) < 4.78 is 0. The smallest absolute Gasteiger partial charge is 0.148 e. The third kappa shape index (κ3) is 3.16. The molecule has 2 heterocycles. The topological polar surface area (TPSA) is 49.8 Å². The zero-order valence-corrected chi connectivity index (χ0v) is 9.16. The lowest BCUT2D eigenvalue weighted by Gasteiger charge is -2.22. The van der Waals surface area contributed by atoms with Gasteiger partial charge in [-0.15, -0.1) is 5.10 Å². The molecule has 4 nitrogen and oxygen atoms in total. The van der Waals surface area contributed by atoms with E-state index in [1.165, 1.54) is 19.4 Å². The molecule has 0 saturated carbocycles. The summed E-state index contributed by atoms with van der Waals surface area (Å²) in [6.45, 7) is 5.22. The summed E-state index contributed by atoms with van der Waals surface area (Å²) in [5.74, 6) is 1.60. The Hall–Kier alpha value is -1.16. The molecular formula is C11H18N4. The average Bonchev–Trinajstić information content (AvgIpc) is 2.30. The highest BCUT2D eigenvalue weighted by Crippen LogP contribution is 2.10. The Morgan fingerprint density at radius 3 is 3.07 bits per heavy atom. The van der Waals surface area contributed by atoms with Gasteiger partial charge in [-0.25, -0.2) is 0 Å². The molecule has 15 heavy (non-hydrogen) atoms. The molecule has 1 fully saturated rings. The van der Waals surface area contributed by atoms with Crippen LogP contribution in [-0.2, 0) is 0 Å². The van der Waals surface area contributed by atoms with Gasteiger partial charge in [-0.05, 0) is 50.9 Å². The van der Waals surface area contributed by atoms with Gasteiger partial charge < -0.3 is 10.6 Å². The summed E-state index contributed by atoms with van der Waals surface area (Å²) in [5, 5.41) is 14.8. The van der Waals surface area contributed by atoms with Crippen LogP contribution in [0.4, 0.5) is 5.82 Å². The van der Waals surface area contributed by atoms with Crippen LogP contribution in [0.2, 0.25) is 0 Å². The van der Waals surface area contributed by atoms with E-state index in [-0.39, 0.29) is 0 Å². The first kappa shape index (κ1) is 10.4. The van der Waals surface area contributed by atoms with E-state index >= 15 is 0 Å². The zero-order valence-electron chi connectivity index (χ0n) is 9.16. The number of hydrogen-bond donors (Lipinski definition) is 2. The molecule has 1 aliphatic heterocycles. The van der Waals surface area contributed by atoms with E-state index in [9.17, 15) is 0 Å². The van der Waals surface area contributed by atoms with E-state index in [0.717, 1.165) is 30.5 Å². The summed E-state index contributed by atoms with van der Waals surface area (Å²) in [4.78, 5) is 0. The van der Waals surface area contributed by atoms with Crippen molar-refractivity contribution in [2.24, 2.45) is 5.92 Å². The van der Waals surface area contributed by atoms with Crippen LogP contribution >= 0.6 is 0 Å². The summed E-state index contributed by atoms with van der Waals surface area (Å²) in [7, 11) is 0. The Balaban J connectivity index is 1.79. The fraction of sp³-hybridized carbons (Fsp3) is 0.636. The van der Waals surface area contributed by atoms with Crippen LogP contribution in [0.5, 0.6) is 0 Å². The van der Waals surface area contributed by atoms with Crippen LogP contribution < -0.4 is 10.6 Å². The molecule has 2 rings (SSSR count). The second-order valence-corrected chi connectivity index (χ2v) is 4.15. The number of piperidine rings is 1. The van der Waals surface area contributed by atoms with Gasteiger partial charge in [-0.2, -0.15) is 5.10 Å². The number of rotatable bonds is 3. The van der Waals surface area contributed by atoms with Gasteiger partial charge in [0, 0.05) is 6.54 Å². The second-order valence-electron chi connectivity index (χ2n) is 4.15. The van der Waals surface area contributed by atoms with Crippen LogP contribution in [0.25, 0.3) is 0 Å². The maximum atomic E-state index is 4.08. The SMILES string of the molecule is Cc1ccc(NC[C@H]2CCCNC2)nn1.